The van der Waals surface area contributed by atoms with E-state index in [0.717, 1.165) is 31.5 Å². The molecule has 0 saturated carbocycles. The number of carbonyl (C=O) groups is 1. The number of likely N-dealkylation sites (tertiary alicyclic amines) is 1. The maximum Gasteiger partial charge on any atom is 0.252 e. The van der Waals surface area contributed by atoms with Crippen LogP contribution in [0.15, 0.2) is 24.3 Å². The van der Waals surface area contributed by atoms with E-state index in [4.69, 9.17) is 34.8 Å². The average molecular weight is 364 g/mol. The lowest BCUT2D eigenvalue weighted by Gasteiger charge is -2.35. The van der Waals surface area contributed by atoms with E-state index in [-0.39, 0.29) is 5.91 Å². The lowest BCUT2D eigenvalue weighted by Crippen LogP contribution is -2.55. The molecule has 1 heterocycles. The maximum atomic E-state index is 12.4. The topological polar surface area (TPSA) is 32.3 Å². The van der Waals surface area contributed by atoms with E-state index >= 15 is 0 Å². The van der Waals surface area contributed by atoms with E-state index in [9.17, 15) is 4.79 Å². The van der Waals surface area contributed by atoms with Crippen molar-refractivity contribution in [2.75, 3.05) is 13.1 Å². The summed E-state index contributed by atoms with van der Waals surface area (Å²) in [6.45, 7) is 3.63. The fourth-order valence-corrected chi connectivity index (χ4v) is 3.22. The van der Waals surface area contributed by atoms with Gasteiger partial charge >= 0.3 is 0 Å². The van der Waals surface area contributed by atoms with Crippen LogP contribution < -0.4 is 5.32 Å². The highest BCUT2D eigenvalue weighted by Gasteiger charge is 2.38. The molecule has 0 spiro atoms. The van der Waals surface area contributed by atoms with Crippen LogP contribution in [0.4, 0.5) is 0 Å². The zero-order chi connectivity index (χ0) is 16.2. The number of benzene rings is 1. The lowest BCUT2D eigenvalue weighted by molar-refractivity contribution is 0.0853. The SMILES string of the molecule is Cc1ccc(C(=O)N[C@H](N2CCCCCC2)C(Cl)(Cl)Cl)cc1. The quantitative estimate of drug-likeness (QED) is 0.812. The molecular formula is C16H21Cl3N2O. The van der Waals surface area contributed by atoms with Gasteiger partial charge in [-0.05, 0) is 31.9 Å². The van der Waals surface area contributed by atoms with Crippen molar-refractivity contribution in [1.82, 2.24) is 10.2 Å². The minimum absolute atomic E-state index is 0.222. The summed E-state index contributed by atoms with van der Waals surface area (Å²) in [4.78, 5) is 14.5. The van der Waals surface area contributed by atoms with Gasteiger partial charge in [-0.25, -0.2) is 0 Å². The second-order valence-corrected chi connectivity index (χ2v) is 8.10. The van der Waals surface area contributed by atoms with Crippen LogP contribution in [0.25, 0.3) is 0 Å². The van der Waals surface area contributed by atoms with Crippen LogP contribution in [-0.4, -0.2) is 33.9 Å². The molecule has 1 amide bonds. The van der Waals surface area contributed by atoms with Crippen LogP contribution in [0.5, 0.6) is 0 Å². The van der Waals surface area contributed by atoms with Gasteiger partial charge in [-0.3, -0.25) is 9.69 Å². The highest BCUT2D eigenvalue weighted by Crippen LogP contribution is 2.33. The van der Waals surface area contributed by atoms with Crippen molar-refractivity contribution in [3.63, 3.8) is 0 Å². The summed E-state index contributed by atoms with van der Waals surface area (Å²) in [5.74, 6) is -0.222. The van der Waals surface area contributed by atoms with Gasteiger partial charge in [-0.15, -0.1) is 0 Å². The summed E-state index contributed by atoms with van der Waals surface area (Å²) in [5.41, 5.74) is 1.67. The van der Waals surface area contributed by atoms with Gasteiger partial charge in [0.05, 0.1) is 0 Å². The van der Waals surface area contributed by atoms with Gasteiger partial charge in [-0.2, -0.15) is 0 Å². The molecule has 1 aliphatic rings. The predicted molar refractivity (Wildman–Crippen MR) is 92.8 cm³/mol. The monoisotopic (exact) mass is 362 g/mol. The van der Waals surface area contributed by atoms with E-state index in [1.807, 2.05) is 19.1 Å². The molecule has 2 rings (SSSR count). The Morgan fingerprint density at radius 1 is 1.09 bits per heavy atom. The first kappa shape index (κ1) is 17.9. The molecule has 1 atom stereocenters. The third-order valence-electron chi connectivity index (χ3n) is 3.90. The molecule has 22 heavy (non-hydrogen) atoms. The summed E-state index contributed by atoms with van der Waals surface area (Å²) in [6.07, 6.45) is 3.84. The number of alkyl halides is 3. The molecule has 0 radical (unpaired) electrons. The van der Waals surface area contributed by atoms with Gasteiger partial charge in [0.15, 0.2) is 0 Å². The molecule has 0 bridgehead atoms. The van der Waals surface area contributed by atoms with Crippen LogP contribution in [0.2, 0.25) is 0 Å². The number of nitrogens with zero attached hydrogens (tertiary/aromatic N) is 1. The maximum absolute atomic E-state index is 12.4. The Bertz CT molecular complexity index is 491. The van der Waals surface area contributed by atoms with Crippen LogP contribution in [-0.2, 0) is 0 Å². The summed E-state index contributed by atoms with van der Waals surface area (Å²) < 4.78 is -1.56. The molecule has 1 aromatic rings. The smallest absolute Gasteiger partial charge is 0.252 e. The van der Waals surface area contributed by atoms with E-state index in [2.05, 4.69) is 10.2 Å². The van der Waals surface area contributed by atoms with Crippen molar-refractivity contribution >= 4 is 40.7 Å². The van der Waals surface area contributed by atoms with Crippen molar-refractivity contribution in [2.24, 2.45) is 0 Å². The van der Waals surface area contributed by atoms with Crippen LogP contribution in [0.1, 0.15) is 41.6 Å². The zero-order valence-electron chi connectivity index (χ0n) is 12.6. The highest BCUT2D eigenvalue weighted by atomic mass is 35.6. The molecule has 1 fully saturated rings. The number of amides is 1. The van der Waals surface area contributed by atoms with Gasteiger partial charge in [0.1, 0.15) is 6.17 Å². The summed E-state index contributed by atoms with van der Waals surface area (Å²) in [7, 11) is 0. The Balaban J connectivity index is 2.12. The fourth-order valence-electron chi connectivity index (χ4n) is 2.65. The molecule has 1 saturated heterocycles. The highest BCUT2D eigenvalue weighted by molar-refractivity contribution is 6.68. The first-order valence-electron chi connectivity index (χ1n) is 7.56. The summed E-state index contributed by atoms with van der Waals surface area (Å²) in [6, 6.07) is 7.35. The third-order valence-corrected chi connectivity index (χ3v) is 4.52. The van der Waals surface area contributed by atoms with Gasteiger partial charge in [0.2, 0.25) is 3.79 Å². The van der Waals surface area contributed by atoms with E-state index in [0.29, 0.717) is 5.56 Å². The Morgan fingerprint density at radius 3 is 2.14 bits per heavy atom. The molecule has 1 aliphatic heterocycles. The van der Waals surface area contributed by atoms with Gasteiger partial charge in [0.25, 0.3) is 5.91 Å². The number of halogens is 3. The second kappa shape index (κ2) is 7.87. The van der Waals surface area contributed by atoms with Crippen molar-refractivity contribution in [3.8, 4) is 0 Å². The second-order valence-electron chi connectivity index (χ2n) is 5.73. The molecule has 0 aliphatic carbocycles. The number of hydrogen-bond acceptors (Lipinski definition) is 2. The average Bonchev–Trinajstić information content (AvgIpc) is 2.73. The largest absolute Gasteiger partial charge is 0.332 e. The molecule has 1 aromatic carbocycles. The third kappa shape index (κ3) is 5.02. The van der Waals surface area contributed by atoms with Gasteiger partial charge in [-0.1, -0.05) is 65.3 Å². The summed E-state index contributed by atoms with van der Waals surface area (Å²) >= 11 is 18.4. The molecular weight excluding hydrogens is 343 g/mol. The van der Waals surface area contributed by atoms with Crippen molar-refractivity contribution < 1.29 is 4.79 Å². The minimum Gasteiger partial charge on any atom is -0.332 e. The van der Waals surface area contributed by atoms with Crippen LogP contribution in [0, 0.1) is 6.92 Å². The standard InChI is InChI=1S/C16H21Cl3N2O/c1-12-6-8-13(9-7-12)14(22)20-15(16(17,18)19)21-10-4-2-3-5-11-21/h6-9,15H,2-5,10-11H2,1H3,(H,20,22)/t15-/m1/s1. The Labute approximate surface area is 146 Å². The minimum atomic E-state index is -1.56. The fraction of sp³-hybridized carbons (Fsp3) is 0.562. The van der Waals surface area contributed by atoms with Crippen LogP contribution >= 0.6 is 34.8 Å². The number of carbonyl (C=O) groups excluding carboxylic acids is 1. The molecule has 6 heteroatoms. The normalized spacial score (nSPS) is 18.5. The van der Waals surface area contributed by atoms with Gasteiger partial charge < -0.3 is 5.32 Å². The van der Waals surface area contributed by atoms with E-state index < -0.39 is 9.96 Å². The van der Waals surface area contributed by atoms with Crippen molar-refractivity contribution in [1.29, 1.82) is 0 Å². The molecule has 1 N–H and O–H groups in total. The zero-order valence-corrected chi connectivity index (χ0v) is 14.9. The number of rotatable bonds is 3. The summed E-state index contributed by atoms with van der Waals surface area (Å²) in [5, 5.41) is 2.88. The molecule has 0 aromatic heterocycles. The van der Waals surface area contributed by atoms with E-state index in [1.165, 1.54) is 12.8 Å². The van der Waals surface area contributed by atoms with Crippen LogP contribution in [0.3, 0.4) is 0 Å². The molecule has 0 unspecified atom stereocenters. The van der Waals surface area contributed by atoms with Crippen molar-refractivity contribution in [2.45, 2.75) is 42.6 Å². The van der Waals surface area contributed by atoms with Crippen molar-refractivity contribution in [3.05, 3.63) is 35.4 Å². The Kier molecular flexibility index (Phi) is 6.39. The number of hydrogen-bond donors (Lipinski definition) is 1. The van der Waals surface area contributed by atoms with E-state index in [1.54, 1.807) is 12.1 Å². The van der Waals surface area contributed by atoms with Gasteiger partial charge in [0, 0.05) is 18.7 Å². The number of aryl methyl sites for hydroxylation is 1. The first-order chi connectivity index (χ1) is 10.4. The Hall–Kier alpha value is -0.480. The first-order valence-corrected chi connectivity index (χ1v) is 8.69. The molecule has 122 valence electrons. The lowest BCUT2D eigenvalue weighted by atomic mass is 10.1. The Morgan fingerprint density at radius 2 is 1.64 bits per heavy atom. The predicted octanol–water partition coefficient (Wildman–Crippen LogP) is 4.30. The molecule has 3 nitrogen and oxygen atoms in total. The number of nitrogens with one attached hydrogen (secondary N) is 1.